The highest BCUT2D eigenvalue weighted by atomic mass is 16.5. The molecule has 4 rings (SSSR count). The van der Waals surface area contributed by atoms with E-state index in [0.29, 0.717) is 19.3 Å². The number of methoxy groups -OCH3 is 1. The van der Waals surface area contributed by atoms with Crippen LogP contribution < -0.4 is 10.9 Å². The molecule has 8 heteroatoms. The van der Waals surface area contributed by atoms with Gasteiger partial charge in [0.25, 0.3) is 5.56 Å². The van der Waals surface area contributed by atoms with Crippen LogP contribution in [0, 0.1) is 0 Å². The summed E-state index contributed by atoms with van der Waals surface area (Å²) in [6.45, 7) is 1.27. The van der Waals surface area contributed by atoms with Crippen molar-refractivity contribution in [2.75, 3.05) is 25.6 Å². The molecule has 1 aliphatic carbocycles. The zero-order chi connectivity index (χ0) is 20.2. The van der Waals surface area contributed by atoms with E-state index in [-0.39, 0.29) is 11.7 Å². The maximum Gasteiger partial charge on any atom is 0.252 e. The van der Waals surface area contributed by atoms with Gasteiger partial charge in [-0.15, -0.1) is 0 Å². The Balaban J connectivity index is 1.55. The predicted octanol–water partition coefficient (Wildman–Crippen LogP) is 2.51. The molecular weight excluding hydrogens is 370 g/mol. The minimum absolute atomic E-state index is 0.0474. The Kier molecular flexibility index (Phi) is 5.92. The number of ether oxygens (including phenoxy) is 2. The topological polar surface area (TPSA) is 83.2 Å². The average Bonchev–Trinajstić information content (AvgIpc) is 3.28. The number of imidazole rings is 1. The van der Waals surface area contributed by atoms with Crippen LogP contribution in [0.5, 0.6) is 0 Å². The van der Waals surface area contributed by atoms with Gasteiger partial charge in [-0.05, 0) is 37.8 Å². The molecule has 1 fully saturated rings. The maximum absolute atomic E-state index is 12.5. The van der Waals surface area contributed by atoms with Crippen molar-refractivity contribution in [3.05, 3.63) is 47.3 Å². The van der Waals surface area contributed by atoms with Crippen LogP contribution in [0.3, 0.4) is 0 Å². The molecule has 0 atom stereocenters. The number of hydrogen-bond acceptors (Lipinski definition) is 6. The number of aryl methyl sites for hydroxylation is 1. The van der Waals surface area contributed by atoms with Crippen molar-refractivity contribution < 1.29 is 9.47 Å². The number of nitrogens with zero attached hydrogens (tertiary/aromatic N) is 4. The van der Waals surface area contributed by atoms with E-state index in [0.717, 1.165) is 48.2 Å². The zero-order valence-electron chi connectivity index (χ0n) is 16.9. The smallest absolute Gasteiger partial charge is 0.252 e. The highest BCUT2D eigenvalue weighted by Crippen LogP contribution is 2.27. The Morgan fingerprint density at radius 3 is 2.76 bits per heavy atom. The van der Waals surface area contributed by atoms with Crippen LogP contribution in [0.25, 0.3) is 16.9 Å². The molecule has 0 spiro atoms. The summed E-state index contributed by atoms with van der Waals surface area (Å²) in [6, 6.07) is 5.78. The van der Waals surface area contributed by atoms with Crippen LogP contribution >= 0.6 is 0 Å². The molecule has 0 aromatic carbocycles. The first kappa shape index (κ1) is 19.6. The monoisotopic (exact) mass is 397 g/mol. The molecule has 3 heterocycles. The van der Waals surface area contributed by atoms with Crippen LogP contribution in [-0.2, 0) is 16.5 Å². The van der Waals surface area contributed by atoms with Gasteiger partial charge >= 0.3 is 0 Å². The lowest BCUT2D eigenvalue weighted by atomic mass is 9.92. The van der Waals surface area contributed by atoms with E-state index < -0.39 is 0 Å². The first-order valence-corrected chi connectivity index (χ1v) is 10.0. The fourth-order valence-electron chi connectivity index (χ4n) is 3.86. The molecule has 0 bridgehead atoms. The molecular formula is C21H27N5O3. The van der Waals surface area contributed by atoms with Crippen molar-refractivity contribution in [3.8, 4) is 5.82 Å². The number of fused-ring (bicyclic) bond motifs is 1. The lowest BCUT2D eigenvalue weighted by Gasteiger charge is -2.30. The highest BCUT2D eigenvalue weighted by Gasteiger charge is 2.22. The van der Waals surface area contributed by atoms with Crippen LogP contribution in [0.1, 0.15) is 25.7 Å². The summed E-state index contributed by atoms with van der Waals surface area (Å²) in [5.41, 5.74) is 2.33. The van der Waals surface area contributed by atoms with E-state index in [9.17, 15) is 4.79 Å². The molecule has 3 aromatic rings. The summed E-state index contributed by atoms with van der Waals surface area (Å²) < 4.78 is 14.4. The number of aromatic nitrogens is 4. The van der Waals surface area contributed by atoms with Crippen molar-refractivity contribution >= 4 is 16.7 Å². The number of rotatable bonds is 7. The van der Waals surface area contributed by atoms with Crippen LogP contribution in [-0.4, -0.2) is 51.6 Å². The van der Waals surface area contributed by atoms with E-state index in [1.54, 1.807) is 37.3 Å². The molecule has 0 saturated heterocycles. The van der Waals surface area contributed by atoms with Crippen LogP contribution in [0.15, 0.2) is 41.7 Å². The van der Waals surface area contributed by atoms with Crippen LogP contribution in [0.2, 0.25) is 0 Å². The second-order valence-electron chi connectivity index (χ2n) is 7.44. The summed E-state index contributed by atoms with van der Waals surface area (Å²) in [7, 11) is 3.46. The summed E-state index contributed by atoms with van der Waals surface area (Å²) in [4.78, 5) is 21.4. The minimum Gasteiger partial charge on any atom is -0.382 e. The molecule has 3 aromatic heterocycles. The normalized spacial score (nSPS) is 19.5. The zero-order valence-corrected chi connectivity index (χ0v) is 16.9. The van der Waals surface area contributed by atoms with E-state index in [4.69, 9.17) is 14.5 Å². The van der Waals surface area contributed by atoms with E-state index >= 15 is 0 Å². The molecule has 1 aliphatic rings. The largest absolute Gasteiger partial charge is 0.382 e. The Morgan fingerprint density at radius 1 is 1.21 bits per heavy atom. The fourth-order valence-corrected chi connectivity index (χ4v) is 3.86. The Morgan fingerprint density at radius 2 is 2.03 bits per heavy atom. The van der Waals surface area contributed by atoms with Gasteiger partial charge in [0, 0.05) is 38.7 Å². The van der Waals surface area contributed by atoms with Gasteiger partial charge in [-0.1, -0.05) is 0 Å². The van der Waals surface area contributed by atoms with Crippen molar-refractivity contribution in [1.82, 2.24) is 19.1 Å². The first-order chi connectivity index (χ1) is 14.2. The number of nitrogens with one attached hydrogen (secondary N) is 1. The van der Waals surface area contributed by atoms with Gasteiger partial charge in [0.2, 0.25) is 0 Å². The molecule has 0 aliphatic heterocycles. The molecule has 0 amide bonds. The second kappa shape index (κ2) is 8.75. The van der Waals surface area contributed by atoms with Gasteiger partial charge in [-0.3, -0.25) is 9.36 Å². The van der Waals surface area contributed by atoms with E-state index in [2.05, 4.69) is 10.3 Å². The van der Waals surface area contributed by atoms with Crippen LogP contribution in [0.4, 0.5) is 5.69 Å². The SMILES string of the molecule is COCCO[C@H]1CC[C@H](Nc2cc(=O)n(C)c3ccc(-n4ccnc4)nc23)CC1. The first-order valence-electron chi connectivity index (χ1n) is 10.0. The third-order valence-electron chi connectivity index (χ3n) is 5.52. The molecule has 29 heavy (non-hydrogen) atoms. The standard InChI is InChI=1S/C21H27N5O3/c1-25-18-7-8-19(26-10-9-22-14-26)24-21(18)17(13-20(25)27)23-15-3-5-16(6-4-15)29-12-11-28-2/h7-10,13-16,23H,3-6,11-12H2,1-2H3/t15-,16-. The molecule has 0 unspecified atom stereocenters. The van der Waals surface area contributed by atoms with Gasteiger partial charge in [-0.2, -0.15) is 0 Å². The summed E-state index contributed by atoms with van der Waals surface area (Å²) >= 11 is 0. The molecule has 0 radical (unpaired) electrons. The van der Waals surface area contributed by atoms with Crippen molar-refractivity contribution in [1.29, 1.82) is 0 Å². The third kappa shape index (κ3) is 4.33. The highest BCUT2D eigenvalue weighted by molar-refractivity contribution is 5.88. The second-order valence-corrected chi connectivity index (χ2v) is 7.44. The van der Waals surface area contributed by atoms with Gasteiger partial charge in [-0.25, -0.2) is 9.97 Å². The van der Waals surface area contributed by atoms with Crippen molar-refractivity contribution in [3.63, 3.8) is 0 Å². The number of pyridine rings is 2. The Labute approximate surface area is 169 Å². The predicted molar refractivity (Wildman–Crippen MR) is 112 cm³/mol. The van der Waals surface area contributed by atoms with Crippen molar-refractivity contribution in [2.24, 2.45) is 7.05 Å². The fraction of sp³-hybridized carbons (Fsp3) is 0.476. The summed E-state index contributed by atoms with van der Waals surface area (Å²) in [6.07, 6.45) is 9.57. The lowest BCUT2D eigenvalue weighted by molar-refractivity contribution is -0.00154. The maximum atomic E-state index is 12.5. The molecule has 8 nitrogen and oxygen atoms in total. The quantitative estimate of drug-likeness (QED) is 0.617. The average molecular weight is 397 g/mol. The summed E-state index contributed by atoms with van der Waals surface area (Å²) in [5.74, 6) is 0.770. The van der Waals surface area contributed by atoms with Gasteiger partial charge in [0.15, 0.2) is 0 Å². The number of hydrogen-bond donors (Lipinski definition) is 1. The van der Waals surface area contributed by atoms with Gasteiger partial charge in [0.05, 0.1) is 30.5 Å². The Hall–Kier alpha value is -2.71. The third-order valence-corrected chi connectivity index (χ3v) is 5.52. The minimum atomic E-state index is -0.0474. The lowest BCUT2D eigenvalue weighted by Crippen LogP contribution is -2.31. The molecule has 1 N–H and O–H groups in total. The van der Waals surface area contributed by atoms with Gasteiger partial charge < -0.3 is 19.4 Å². The van der Waals surface area contributed by atoms with E-state index in [1.807, 2.05) is 22.9 Å². The summed E-state index contributed by atoms with van der Waals surface area (Å²) in [5, 5.41) is 3.57. The molecule has 154 valence electrons. The van der Waals surface area contributed by atoms with Crippen molar-refractivity contribution in [2.45, 2.75) is 37.8 Å². The Bertz CT molecular complexity index is 1010. The molecule has 1 saturated carbocycles. The van der Waals surface area contributed by atoms with E-state index in [1.165, 1.54) is 0 Å². The van der Waals surface area contributed by atoms with Gasteiger partial charge in [0.1, 0.15) is 17.7 Å². The number of anilines is 1.